The molecule has 1 aliphatic heterocycles. The van der Waals surface area contributed by atoms with Crippen LogP contribution in [-0.4, -0.2) is 42.4 Å². The average molecular weight is 387 g/mol. The Morgan fingerprint density at radius 1 is 1.27 bits per heavy atom. The molecule has 0 spiro atoms. The number of nitrogens with one attached hydrogen (secondary N) is 1. The van der Waals surface area contributed by atoms with Gasteiger partial charge in [-0.15, -0.1) is 16.4 Å². The highest BCUT2D eigenvalue weighted by atomic mass is 32.2. The van der Waals surface area contributed by atoms with Crippen LogP contribution in [0, 0.1) is 0 Å². The monoisotopic (exact) mass is 386 g/mol. The van der Waals surface area contributed by atoms with Gasteiger partial charge in [0.25, 0.3) is 0 Å². The fourth-order valence-electron chi connectivity index (χ4n) is 2.30. The Kier molecular flexibility index (Phi) is 5.85. The molecule has 1 N–H and O–H groups in total. The third-order valence-electron chi connectivity index (χ3n) is 3.71. The molecule has 1 fully saturated rings. The van der Waals surface area contributed by atoms with Crippen molar-refractivity contribution in [2.24, 2.45) is 10.2 Å². The van der Waals surface area contributed by atoms with Crippen molar-refractivity contribution in [3.63, 3.8) is 0 Å². The fraction of sp³-hybridized carbons (Fsp3) is 0.222. The lowest BCUT2D eigenvalue weighted by atomic mass is 10.2. The van der Waals surface area contributed by atoms with Crippen molar-refractivity contribution in [1.29, 1.82) is 0 Å². The minimum absolute atomic E-state index is 0.0293. The first-order valence-corrected chi connectivity index (χ1v) is 9.71. The number of hydrogen-bond acceptors (Lipinski definition) is 7. The predicted octanol–water partition coefficient (Wildman–Crippen LogP) is 3.01. The molecule has 6 nitrogen and oxygen atoms in total. The molecule has 1 saturated heterocycles. The number of amidine groups is 1. The molecule has 0 aliphatic carbocycles. The van der Waals surface area contributed by atoms with Gasteiger partial charge in [0.05, 0.1) is 16.3 Å². The van der Waals surface area contributed by atoms with Crippen molar-refractivity contribution < 1.29 is 9.59 Å². The highest BCUT2D eigenvalue weighted by Gasteiger charge is 2.32. The van der Waals surface area contributed by atoms with Crippen LogP contribution in [0.15, 0.2) is 52.0 Å². The molecule has 1 amide bonds. The second-order valence-corrected chi connectivity index (χ2v) is 7.98. The molecule has 134 valence electrons. The summed E-state index contributed by atoms with van der Waals surface area (Å²) in [7, 11) is 3.96. The molecule has 2 heterocycles. The van der Waals surface area contributed by atoms with Crippen molar-refractivity contribution in [2.75, 3.05) is 19.0 Å². The summed E-state index contributed by atoms with van der Waals surface area (Å²) >= 11 is 2.62. The second kappa shape index (κ2) is 8.29. The Bertz CT molecular complexity index is 843. The van der Waals surface area contributed by atoms with Crippen molar-refractivity contribution in [1.82, 2.24) is 5.32 Å². The van der Waals surface area contributed by atoms with E-state index in [1.54, 1.807) is 12.3 Å². The van der Waals surface area contributed by atoms with Gasteiger partial charge >= 0.3 is 0 Å². The second-order valence-electron chi connectivity index (χ2n) is 5.84. The Morgan fingerprint density at radius 2 is 2.04 bits per heavy atom. The number of thiophene rings is 1. The van der Waals surface area contributed by atoms with E-state index in [2.05, 4.69) is 15.5 Å². The molecule has 3 rings (SSSR count). The van der Waals surface area contributed by atoms with Crippen LogP contribution in [0.4, 0.5) is 5.69 Å². The summed E-state index contributed by atoms with van der Waals surface area (Å²) < 4.78 is 0. The third kappa shape index (κ3) is 4.59. The number of rotatable bonds is 6. The van der Waals surface area contributed by atoms with Gasteiger partial charge in [-0.25, -0.2) is 0 Å². The molecule has 8 heteroatoms. The summed E-state index contributed by atoms with van der Waals surface area (Å²) in [6, 6.07) is 11.5. The standard InChI is InChI=1S/C18H18N4O2S2/c1-22(2)13-7-5-12(6-8-13)11-19-21-18-20-17(24)16(26-18)10-14(23)15-4-3-9-25-15/h3-9,11,16H,10H2,1-2H3,(H,20,21,24)/b19-11+. The van der Waals surface area contributed by atoms with Crippen LogP contribution in [0.2, 0.25) is 0 Å². The lowest BCUT2D eigenvalue weighted by Gasteiger charge is -2.11. The van der Waals surface area contributed by atoms with Gasteiger partial charge in [0.2, 0.25) is 5.91 Å². The van der Waals surface area contributed by atoms with Crippen LogP contribution in [0.5, 0.6) is 0 Å². The number of nitrogens with zero attached hydrogens (tertiary/aromatic N) is 3. The molecule has 1 aromatic heterocycles. The molecule has 1 unspecified atom stereocenters. The van der Waals surface area contributed by atoms with E-state index >= 15 is 0 Å². The zero-order valence-electron chi connectivity index (χ0n) is 14.4. The van der Waals surface area contributed by atoms with Gasteiger partial charge in [-0.3, -0.25) is 9.59 Å². The van der Waals surface area contributed by atoms with Gasteiger partial charge in [-0.2, -0.15) is 5.10 Å². The minimum Gasteiger partial charge on any atom is -0.378 e. The number of Topliss-reactive ketones (excluding diaryl/α,β-unsaturated/α-hetero) is 1. The van der Waals surface area contributed by atoms with Gasteiger partial charge in [0.15, 0.2) is 11.0 Å². The number of thioether (sulfide) groups is 1. The van der Waals surface area contributed by atoms with Crippen LogP contribution < -0.4 is 10.2 Å². The van der Waals surface area contributed by atoms with E-state index in [0.717, 1.165) is 11.3 Å². The van der Waals surface area contributed by atoms with Crippen LogP contribution >= 0.6 is 23.1 Å². The maximum atomic E-state index is 12.1. The summed E-state index contributed by atoms with van der Waals surface area (Å²) in [5.41, 5.74) is 2.02. The molecule has 0 bridgehead atoms. The molecular formula is C18H18N4O2S2. The number of carbonyl (C=O) groups is 2. The predicted molar refractivity (Wildman–Crippen MR) is 109 cm³/mol. The van der Waals surface area contributed by atoms with Crippen molar-refractivity contribution >= 4 is 51.9 Å². The smallest absolute Gasteiger partial charge is 0.240 e. The summed E-state index contributed by atoms with van der Waals surface area (Å²) in [5, 5.41) is 12.5. The highest BCUT2D eigenvalue weighted by Crippen LogP contribution is 2.25. The SMILES string of the molecule is CN(C)c1ccc(/C=N/N=C2\NC(=O)C(CC(=O)c3cccs3)S2)cc1. The van der Waals surface area contributed by atoms with E-state index < -0.39 is 5.25 Å². The number of hydrogen-bond donors (Lipinski definition) is 1. The molecule has 1 aliphatic rings. The van der Waals surface area contributed by atoms with Gasteiger partial charge in [-0.05, 0) is 29.1 Å². The Labute approximate surface area is 160 Å². The van der Waals surface area contributed by atoms with Gasteiger partial charge in [0.1, 0.15) is 0 Å². The molecule has 0 saturated carbocycles. The maximum absolute atomic E-state index is 12.1. The van der Waals surface area contributed by atoms with Gasteiger partial charge < -0.3 is 10.2 Å². The van der Waals surface area contributed by atoms with E-state index in [4.69, 9.17) is 0 Å². The third-order valence-corrected chi connectivity index (χ3v) is 5.69. The zero-order chi connectivity index (χ0) is 18.5. The molecule has 0 radical (unpaired) electrons. The Morgan fingerprint density at radius 3 is 2.69 bits per heavy atom. The summed E-state index contributed by atoms with van der Waals surface area (Å²) in [6.07, 6.45) is 1.79. The number of ketones is 1. The van der Waals surface area contributed by atoms with E-state index in [-0.39, 0.29) is 18.1 Å². The molecular weight excluding hydrogens is 368 g/mol. The molecule has 2 aromatic rings. The van der Waals surface area contributed by atoms with Gasteiger partial charge in [-0.1, -0.05) is 30.0 Å². The van der Waals surface area contributed by atoms with E-state index in [0.29, 0.717) is 10.0 Å². The van der Waals surface area contributed by atoms with Crippen molar-refractivity contribution in [3.05, 3.63) is 52.2 Å². The minimum atomic E-state index is -0.460. The first-order valence-electron chi connectivity index (χ1n) is 7.95. The molecule has 26 heavy (non-hydrogen) atoms. The lowest BCUT2D eigenvalue weighted by molar-refractivity contribution is -0.118. The largest absolute Gasteiger partial charge is 0.378 e. The summed E-state index contributed by atoms with van der Waals surface area (Å²) in [4.78, 5) is 26.8. The maximum Gasteiger partial charge on any atom is 0.240 e. The van der Waals surface area contributed by atoms with Crippen molar-refractivity contribution in [3.8, 4) is 0 Å². The van der Waals surface area contributed by atoms with E-state index in [9.17, 15) is 9.59 Å². The normalized spacial score (nSPS) is 18.5. The topological polar surface area (TPSA) is 74.1 Å². The summed E-state index contributed by atoms with van der Waals surface area (Å²) in [6.45, 7) is 0. The Hall–Kier alpha value is -2.45. The fourth-order valence-corrected chi connectivity index (χ4v) is 3.90. The quantitative estimate of drug-likeness (QED) is 0.470. The van der Waals surface area contributed by atoms with Crippen LogP contribution in [0.3, 0.4) is 0 Å². The van der Waals surface area contributed by atoms with Gasteiger partial charge in [0, 0.05) is 26.2 Å². The zero-order valence-corrected chi connectivity index (χ0v) is 16.0. The first-order chi connectivity index (χ1) is 12.5. The molecule has 1 aromatic carbocycles. The van der Waals surface area contributed by atoms with Crippen LogP contribution in [0.25, 0.3) is 0 Å². The van der Waals surface area contributed by atoms with Crippen LogP contribution in [-0.2, 0) is 4.79 Å². The molecule has 1 atom stereocenters. The van der Waals surface area contributed by atoms with Crippen molar-refractivity contribution in [2.45, 2.75) is 11.7 Å². The number of carbonyl (C=O) groups excluding carboxylic acids is 2. The van der Waals surface area contributed by atoms with E-state index in [1.807, 2.05) is 54.7 Å². The number of benzene rings is 1. The average Bonchev–Trinajstić information content (AvgIpc) is 3.26. The number of amides is 1. The lowest BCUT2D eigenvalue weighted by Crippen LogP contribution is -2.26. The number of anilines is 1. The summed E-state index contributed by atoms with van der Waals surface area (Å²) in [5.74, 6) is -0.234. The first kappa shape index (κ1) is 18.3. The Balaban J connectivity index is 1.58. The highest BCUT2D eigenvalue weighted by molar-refractivity contribution is 8.15. The van der Waals surface area contributed by atoms with Crippen LogP contribution in [0.1, 0.15) is 21.7 Å². The van der Waals surface area contributed by atoms with E-state index in [1.165, 1.54) is 23.1 Å².